The zero-order chi connectivity index (χ0) is 21.6. The number of amides is 2. The molecule has 1 aromatic heterocycles. The highest BCUT2D eigenvalue weighted by molar-refractivity contribution is 5.75. The Bertz CT molecular complexity index is 1050. The number of hydrogen-bond acceptors (Lipinski definition) is 5. The smallest absolute Gasteiger partial charge is 0.315 e. The standard InChI is InChI=1S/C23H26N4O4/c1-27-12-11-24-22(27)21(17-5-3-4-6-18(17)29-2)26-23(28)25-10-9-16-7-8-19-20(15-16)31-14-13-30-19/h3-8,11-12,15,21H,9-10,13-14H2,1-2H3,(H2,25,26,28). The zero-order valence-electron chi connectivity index (χ0n) is 17.6. The number of rotatable bonds is 7. The largest absolute Gasteiger partial charge is 0.496 e. The number of fused-ring (bicyclic) bond motifs is 1. The predicted molar refractivity (Wildman–Crippen MR) is 116 cm³/mol. The second-order valence-corrected chi connectivity index (χ2v) is 7.20. The highest BCUT2D eigenvalue weighted by atomic mass is 16.6. The van der Waals surface area contributed by atoms with Crippen LogP contribution < -0.4 is 24.8 Å². The minimum atomic E-state index is -0.453. The number of benzene rings is 2. The average molecular weight is 422 g/mol. The number of urea groups is 1. The third kappa shape index (κ3) is 4.74. The van der Waals surface area contributed by atoms with Gasteiger partial charge in [-0.3, -0.25) is 0 Å². The van der Waals surface area contributed by atoms with Gasteiger partial charge >= 0.3 is 6.03 Å². The van der Waals surface area contributed by atoms with Crippen LogP contribution in [0.1, 0.15) is 23.0 Å². The van der Waals surface area contributed by atoms with Gasteiger partial charge in [-0.1, -0.05) is 24.3 Å². The first kappa shape index (κ1) is 20.6. The summed E-state index contributed by atoms with van der Waals surface area (Å²) in [4.78, 5) is 17.1. The fourth-order valence-corrected chi connectivity index (χ4v) is 3.59. The van der Waals surface area contributed by atoms with Crippen LogP contribution in [0.25, 0.3) is 0 Å². The van der Waals surface area contributed by atoms with Gasteiger partial charge in [-0.2, -0.15) is 0 Å². The molecule has 31 heavy (non-hydrogen) atoms. The fourth-order valence-electron chi connectivity index (χ4n) is 3.59. The lowest BCUT2D eigenvalue weighted by Crippen LogP contribution is -2.40. The predicted octanol–water partition coefficient (Wildman–Crippen LogP) is 2.83. The van der Waals surface area contributed by atoms with Gasteiger partial charge in [-0.05, 0) is 30.2 Å². The van der Waals surface area contributed by atoms with E-state index in [-0.39, 0.29) is 6.03 Å². The van der Waals surface area contributed by atoms with E-state index in [0.717, 1.165) is 22.6 Å². The molecule has 0 radical (unpaired) electrons. The third-order valence-electron chi connectivity index (χ3n) is 5.15. The second-order valence-electron chi connectivity index (χ2n) is 7.20. The summed E-state index contributed by atoms with van der Waals surface area (Å²) in [5.41, 5.74) is 1.90. The third-order valence-corrected chi connectivity index (χ3v) is 5.15. The number of aromatic nitrogens is 2. The van der Waals surface area contributed by atoms with Crippen molar-refractivity contribution < 1.29 is 19.0 Å². The van der Waals surface area contributed by atoms with E-state index in [1.54, 1.807) is 13.3 Å². The number of carbonyl (C=O) groups excluding carboxylic acids is 1. The van der Waals surface area contributed by atoms with Gasteiger partial charge in [0, 0.05) is 31.5 Å². The monoisotopic (exact) mass is 422 g/mol. The molecule has 1 aliphatic rings. The summed E-state index contributed by atoms with van der Waals surface area (Å²) in [5, 5.41) is 5.96. The Labute approximate surface area is 181 Å². The summed E-state index contributed by atoms with van der Waals surface area (Å²) in [7, 11) is 3.51. The number of aryl methyl sites for hydroxylation is 1. The van der Waals surface area contributed by atoms with Crippen molar-refractivity contribution in [1.29, 1.82) is 0 Å². The Morgan fingerprint density at radius 2 is 2.00 bits per heavy atom. The highest BCUT2D eigenvalue weighted by Crippen LogP contribution is 2.31. The Hall–Kier alpha value is -3.68. The van der Waals surface area contributed by atoms with Crippen molar-refractivity contribution >= 4 is 6.03 Å². The van der Waals surface area contributed by atoms with E-state index in [0.29, 0.717) is 37.8 Å². The molecule has 0 aliphatic carbocycles. The molecule has 0 fully saturated rings. The Balaban J connectivity index is 1.42. The van der Waals surface area contributed by atoms with Crippen LogP contribution >= 0.6 is 0 Å². The Morgan fingerprint density at radius 3 is 2.77 bits per heavy atom. The molecule has 0 saturated heterocycles. The fraction of sp³-hybridized carbons (Fsp3) is 0.304. The van der Waals surface area contributed by atoms with E-state index in [1.165, 1.54) is 0 Å². The molecule has 0 spiro atoms. The summed E-state index contributed by atoms with van der Waals surface area (Å²) < 4.78 is 18.6. The van der Waals surface area contributed by atoms with Crippen LogP contribution in [0.4, 0.5) is 4.79 Å². The molecule has 0 saturated carbocycles. The second kappa shape index (κ2) is 9.42. The molecule has 4 rings (SSSR count). The van der Waals surface area contributed by atoms with Gasteiger partial charge in [0.15, 0.2) is 11.5 Å². The first-order chi connectivity index (χ1) is 15.2. The van der Waals surface area contributed by atoms with Gasteiger partial charge in [0.25, 0.3) is 0 Å². The SMILES string of the molecule is COc1ccccc1C(NC(=O)NCCc1ccc2c(c1)OCCO2)c1nccn1C. The first-order valence-electron chi connectivity index (χ1n) is 10.2. The molecule has 162 valence electrons. The number of carbonyl (C=O) groups is 1. The summed E-state index contributed by atoms with van der Waals surface area (Å²) in [6.07, 6.45) is 4.23. The van der Waals surface area contributed by atoms with Crippen LogP contribution in [0.2, 0.25) is 0 Å². The van der Waals surface area contributed by atoms with E-state index in [2.05, 4.69) is 15.6 Å². The summed E-state index contributed by atoms with van der Waals surface area (Å²) in [6, 6.07) is 12.7. The van der Waals surface area contributed by atoms with Crippen molar-refractivity contribution in [2.24, 2.45) is 7.05 Å². The molecule has 1 atom stereocenters. The van der Waals surface area contributed by atoms with E-state index in [4.69, 9.17) is 14.2 Å². The molecule has 3 aromatic rings. The van der Waals surface area contributed by atoms with Gasteiger partial charge in [-0.25, -0.2) is 9.78 Å². The van der Waals surface area contributed by atoms with Crippen molar-refractivity contribution in [2.75, 3.05) is 26.9 Å². The van der Waals surface area contributed by atoms with Crippen LogP contribution in [0.15, 0.2) is 54.9 Å². The van der Waals surface area contributed by atoms with Crippen LogP contribution in [-0.2, 0) is 13.5 Å². The van der Waals surface area contributed by atoms with E-state index in [1.807, 2.05) is 60.3 Å². The average Bonchev–Trinajstić information content (AvgIpc) is 3.23. The normalized spacial score (nSPS) is 13.4. The summed E-state index contributed by atoms with van der Waals surface area (Å²) in [5.74, 6) is 2.91. The number of methoxy groups -OCH3 is 1. The van der Waals surface area contributed by atoms with E-state index in [9.17, 15) is 4.79 Å². The molecule has 2 heterocycles. The number of nitrogens with zero attached hydrogens (tertiary/aromatic N) is 2. The molecule has 0 bridgehead atoms. The quantitative estimate of drug-likeness (QED) is 0.612. The summed E-state index contributed by atoms with van der Waals surface area (Å²) in [6.45, 7) is 1.59. The first-order valence-corrected chi connectivity index (χ1v) is 10.2. The summed E-state index contributed by atoms with van der Waals surface area (Å²) >= 11 is 0. The van der Waals surface area contributed by atoms with E-state index >= 15 is 0 Å². The zero-order valence-corrected chi connectivity index (χ0v) is 17.6. The van der Waals surface area contributed by atoms with Crippen LogP contribution in [-0.4, -0.2) is 42.5 Å². The van der Waals surface area contributed by atoms with E-state index < -0.39 is 6.04 Å². The van der Waals surface area contributed by atoms with Gasteiger partial charge in [-0.15, -0.1) is 0 Å². The minimum Gasteiger partial charge on any atom is -0.496 e. The van der Waals surface area contributed by atoms with Gasteiger partial charge in [0.1, 0.15) is 30.8 Å². The van der Waals surface area contributed by atoms with Crippen molar-refractivity contribution in [1.82, 2.24) is 20.2 Å². The molecule has 2 N–H and O–H groups in total. The number of nitrogens with one attached hydrogen (secondary N) is 2. The Morgan fingerprint density at radius 1 is 1.19 bits per heavy atom. The highest BCUT2D eigenvalue weighted by Gasteiger charge is 2.23. The maximum atomic E-state index is 12.7. The van der Waals surface area contributed by atoms with Crippen molar-refractivity contribution in [2.45, 2.75) is 12.5 Å². The number of hydrogen-bond donors (Lipinski definition) is 2. The maximum absolute atomic E-state index is 12.7. The topological polar surface area (TPSA) is 86.6 Å². The lowest BCUT2D eigenvalue weighted by molar-refractivity contribution is 0.171. The van der Waals surface area contributed by atoms with Gasteiger partial charge in [0.05, 0.1) is 7.11 Å². The number of ether oxygens (including phenoxy) is 3. The molecule has 1 unspecified atom stereocenters. The molecule has 2 aromatic carbocycles. The van der Waals surface area contributed by atoms with Crippen LogP contribution in [0.5, 0.6) is 17.2 Å². The maximum Gasteiger partial charge on any atom is 0.315 e. The molecule has 1 aliphatic heterocycles. The van der Waals surface area contributed by atoms with Crippen molar-refractivity contribution in [3.8, 4) is 17.2 Å². The molecular formula is C23H26N4O4. The lowest BCUT2D eigenvalue weighted by atomic mass is 10.0. The van der Waals surface area contributed by atoms with Crippen LogP contribution in [0.3, 0.4) is 0 Å². The molecular weight excluding hydrogens is 396 g/mol. The van der Waals surface area contributed by atoms with Gasteiger partial charge in [0.2, 0.25) is 0 Å². The van der Waals surface area contributed by atoms with Crippen LogP contribution in [0, 0.1) is 0 Å². The molecule has 2 amide bonds. The molecule has 8 nitrogen and oxygen atoms in total. The molecule has 8 heteroatoms. The van der Waals surface area contributed by atoms with Crippen molar-refractivity contribution in [3.63, 3.8) is 0 Å². The number of imidazole rings is 1. The van der Waals surface area contributed by atoms with Gasteiger partial charge < -0.3 is 29.4 Å². The number of para-hydroxylation sites is 1. The minimum absolute atomic E-state index is 0.281. The Kier molecular flexibility index (Phi) is 6.26. The lowest BCUT2D eigenvalue weighted by Gasteiger charge is -2.21. The van der Waals surface area contributed by atoms with Crippen molar-refractivity contribution in [3.05, 3.63) is 71.8 Å².